The van der Waals surface area contributed by atoms with Crippen LogP contribution < -0.4 is 9.46 Å². The zero-order valence-corrected chi connectivity index (χ0v) is 18.5. The molecule has 0 aliphatic heterocycles. The van der Waals surface area contributed by atoms with E-state index in [1.165, 1.54) is 11.3 Å². The molecule has 0 unspecified atom stereocenters. The number of nitrogens with one attached hydrogen (secondary N) is 1. The van der Waals surface area contributed by atoms with E-state index in [0.29, 0.717) is 29.4 Å². The first-order valence-electron chi connectivity index (χ1n) is 8.47. The first-order valence-corrected chi connectivity index (χ1v) is 11.7. The minimum Gasteiger partial charge on any atom is -0.496 e. The first kappa shape index (κ1) is 20.3. The molecule has 1 aromatic carbocycles. The molecule has 1 saturated carbocycles. The molecule has 1 aromatic heterocycles. The van der Waals surface area contributed by atoms with Gasteiger partial charge in [-0.15, -0.1) is 11.3 Å². The molecule has 0 bridgehead atoms. The molecule has 0 saturated heterocycles. The van der Waals surface area contributed by atoms with Gasteiger partial charge in [0.25, 0.3) is 0 Å². The van der Waals surface area contributed by atoms with Crippen LogP contribution in [0.4, 0.5) is 5.13 Å². The molecule has 1 aliphatic rings. The van der Waals surface area contributed by atoms with Crippen molar-refractivity contribution in [3.8, 4) is 5.75 Å². The number of anilines is 1. The van der Waals surface area contributed by atoms with Gasteiger partial charge in [0.2, 0.25) is 10.0 Å². The number of methoxy groups -OCH3 is 1. The molecule has 0 spiro atoms. The van der Waals surface area contributed by atoms with Gasteiger partial charge in [0.15, 0.2) is 5.13 Å². The highest BCUT2D eigenvalue weighted by Crippen LogP contribution is 2.34. The second kappa shape index (κ2) is 7.52. The highest BCUT2D eigenvalue weighted by atomic mass is 79.9. The molecule has 1 fully saturated rings. The van der Waals surface area contributed by atoms with Gasteiger partial charge >= 0.3 is 0 Å². The molecule has 3 rings (SSSR count). The summed E-state index contributed by atoms with van der Waals surface area (Å²) in [6.45, 7) is 3.60. The zero-order chi connectivity index (χ0) is 19.8. The summed E-state index contributed by atoms with van der Waals surface area (Å²) in [5.41, 5.74) is 0.503. The fraction of sp³-hybridized carbons (Fsp3) is 0.444. The number of aromatic nitrogens is 1. The van der Waals surface area contributed by atoms with Crippen LogP contribution in [0, 0.1) is 0 Å². The van der Waals surface area contributed by atoms with Crippen molar-refractivity contribution in [1.29, 1.82) is 0 Å². The number of thiazole rings is 1. The second-order valence-corrected chi connectivity index (χ2v) is 10.8. The van der Waals surface area contributed by atoms with Gasteiger partial charge in [0.1, 0.15) is 11.5 Å². The van der Waals surface area contributed by atoms with Crippen LogP contribution in [-0.2, 0) is 26.7 Å². The Labute approximate surface area is 171 Å². The van der Waals surface area contributed by atoms with Gasteiger partial charge in [-0.05, 0) is 38.8 Å². The van der Waals surface area contributed by atoms with E-state index in [2.05, 4.69) is 25.6 Å². The number of carbonyl (C=O) groups is 1. The van der Waals surface area contributed by atoms with Crippen molar-refractivity contribution in [1.82, 2.24) is 4.98 Å². The minimum absolute atomic E-state index is 0.0231. The van der Waals surface area contributed by atoms with E-state index in [-0.39, 0.29) is 17.5 Å². The number of hydrogen-bond acceptors (Lipinski definition) is 6. The van der Waals surface area contributed by atoms with Crippen molar-refractivity contribution in [2.75, 3.05) is 11.8 Å². The van der Waals surface area contributed by atoms with E-state index in [1.54, 1.807) is 26.3 Å². The van der Waals surface area contributed by atoms with E-state index in [9.17, 15) is 13.2 Å². The van der Waals surface area contributed by atoms with Crippen LogP contribution in [0.5, 0.6) is 5.75 Å². The monoisotopic (exact) mass is 472 g/mol. The van der Waals surface area contributed by atoms with Crippen molar-refractivity contribution in [3.05, 3.63) is 39.3 Å². The molecule has 27 heavy (non-hydrogen) atoms. The molecule has 1 heterocycles. The summed E-state index contributed by atoms with van der Waals surface area (Å²) in [6, 6.07) is 5.54. The lowest BCUT2D eigenvalue weighted by Crippen LogP contribution is -2.31. The van der Waals surface area contributed by atoms with E-state index >= 15 is 0 Å². The Morgan fingerprint density at radius 1 is 1.41 bits per heavy atom. The van der Waals surface area contributed by atoms with Gasteiger partial charge in [-0.1, -0.05) is 22.0 Å². The van der Waals surface area contributed by atoms with Crippen molar-refractivity contribution < 1.29 is 17.9 Å². The van der Waals surface area contributed by atoms with Gasteiger partial charge in [-0.2, -0.15) is 0 Å². The Balaban J connectivity index is 1.76. The lowest BCUT2D eigenvalue weighted by atomic mass is 9.82. The van der Waals surface area contributed by atoms with Gasteiger partial charge in [-0.3, -0.25) is 9.52 Å². The van der Waals surface area contributed by atoms with Crippen molar-refractivity contribution in [2.45, 2.75) is 43.8 Å². The van der Waals surface area contributed by atoms with E-state index in [1.807, 2.05) is 18.2 Å². The molecule has 6 nitrogen and oxygen atoms in total. The summed E-state index contributed by atoms with van der Waals surface area (Å²) < 4.78 is 32.9. The molecule has 0 amide bonds. The number of halogens is 1. The van der Waals surface area contributed by atoms with Gasteiger partial charge < -0.3 is 4.74 Å². The topological polar surface area (TPSA) is 85.4 Å². The maximum atomic E-state index is 13.0. The molecule has 1 N–H and O–H groups in total. The lowest BCUT2D eigenvalue weighted by Gasteiger charge is -2.21. The molecule has 2 aromatic rings. The third-order valence-electron chi connectivity index (χ3n) is 4.63. The minimum atomic E-state index is -3.36. The summed E-state index contributed by atoms with van der Waals surface area (Å²) in [4.78, 5) is 17.3. The standard InChI is InChI=1S/C18H21BrN2O4S2/c1-18(2,16(22)8-11-4-5-12(19)9-14(11)25-3)15-10-26-17(20-15)21-27(23,24)13-6-7-13/h4-5,9-10,13H,6-8H2,1-3H3,(H,20,21). The quantitative estimate of drug-likeness (QED) is 0.629. The van der Waals surface area contributed by atoms with Crippen LogP contribution in [0.1, 0.15) is 37.9 Å². The molecule has 0 radical (unpaired) electrons. The first-order chi connectivity index (χ1) is 12.6. The SMILES string of the molecule is COc1cc(Br)ccc1CC(=O)C(C)(C)c1csc(NS(=O)(=O)C2CC2)n1. The molecule has 9 heteroatoms. The number of Topliss-reactive ketones (excluding diaryl/α,β-unsaturated/α-hetero) is 1. The van der Waals surface area contributed by atoms with Crippen LogP contribution >= 0.6 is 27.3 Å². The number of hydrogen-bond donors (Lipinski definition) is 1. The largest absolute Gasteiger partial charge is 0.496 e. The summed E-state index contributed by atoms with van der Waals surface area (Å²) in [5.74, 6) is 0.620. The van der Waals surface area contributed by atoms with E-state index in [0.717, 1.165) is 10.0 Å². The molecular formula is C18H21BrN2O4S2. The van der Waals surface area contributed by atoms with Crippen molar-refractivity contribution in [2.24, 2.45) is 0 Å². The Hall–Kier alpha value is -1.45. The normalized spacial score (nSPS) is 14.8. The van der Waals surface area contributed by atoms with E-state index in [4.69, 9.17) is 4.74 Å². The van der Waals surface area contributed by atoms with Crippen LogP contribution in [0.2, 0.25) is 0 Å². The van der Waals surface area contributed by atoms with Crippen molar-refractivity contribution >= 4 is 48.2 Å². The molecule has 146 valence electrons. The van der Waals surface area contributed by atoms with Gasteiger partial charge in [0, 0.05) is 21.8 Å². The summed E-state index contributed by atoms with van der Waals surface area (Å²) >= 11 is 4.59. The molecule has 1 aliphatic carbocycles. The second-order valence-electron chi connectivity index (χ2n) is 7.07. The number of ether oxygens (including phenoxy) is 1. The fourth-order valence-electron chi connectivity index (χ4n) is 2.59. The predicted octanol–water partition coefficient (Wildman–Crippen LogP) is 3.91. The average Bonchev–Trinajstić information content (AvgIpc) is 3.37. The van der Waals surface area contributed by atoms with Crippen LogP contribution in [0.3, 0.4) is 0 Å². The Morgan fingerprint density at radius 2 is 2.11 bits per heavy atom. The van der Waals surface area contributed by atoms with Crippen molar-refractivity contribution in [3.63, 3.8) is 0 Å². The Bertz CT molecular complexity index is 965. The number of ketones is 1. The molecular weight excluding hydrogens is 452 g/mol. The molecule has 0 atom stereocenters. The number of nitrogens with zero attached hydrogens (tertiary/aromatic N) is 1. The number of carbonyl (C=O) groups excluding carboxylic acids is 1. The third-order valence-corrected chi connectivity index (χ3v) is 7.84. The zero-order valence-electron chi connectivity index (χ0n) is 15.3. The van der Waals surface area contributed by atoms with E-state index < -0.39 is 15.4 Å². The van der Waals surface area contributed by atoms with Crippen LogP contribution in [0.15, 0.2) is 28.1 Å². The average molecular weight is 473 g/mol. The third kappa shape index (κ3) is 4.52. The highest BCUT2D eigenvalue weighted by molar-refractivity contribution is 9.10. The number of benzene rings is 1. The highest BCUT2D eigenvalue weighted by Gasteiger charge is 2.37. The predicted molar refractivity (Wildman–Crippen MR) is 110 cm³/mol. The van der Waals surface area contributed by atoms with Gasteiger partial charge in [0.05, 0.1) is 23.5 Å². The Kier molecular flexibility index (Phi) is 5.65. The van der Waals surface area contributed by atoms with Crippen LogP contribution in [0.25, 0.3) is 0 Å². The smallest absolute Gasteiger partial charge is 0.237 e. The Morgan fingerprint density at radius 3 is 2.74 bits per heavy atom. The summed E-state index contributed by atoms with van der Waals surface area (Å²) in [6.07, 6.45) is 1.57. The summed E-state index contributed by atoms with van der Waals surface area (Å²) in [5, 5.41) is 1.73. The lowest BCUT2D eigenvalue weighted by molar-refractivity contribution is -0.123. The summed E-state index contributed by atoms with van der Waals surface area (Å²) in [7, 11) is -1.79. The number of sulfonamides is 1. The maximum absolute atomic E-state index is 13.0. The maximum Gasteiger partial charge on any atom is 0.237 e. The number of rotatable bonds is 8. The van der Waals surface area contributed by atoms with Crippen LogP contribution in [-0.4, -0.2) is 31.5 Å². The fourth-order valence-corrected chi connectivity index (χ4v) is 5.41. The van der Waals surface area contributed by atoms with Gasteiger partial charge in [-0.25, -0.2) is 13.4 Å².